The van der Waals surface area contributed by atoms with Crippen LogP contribution in [0.15, 0.2) is 0 Å². The van der Waals surface area contributed by atoms with E-state index in [0.29, 0.717) is 0 Å². The van der Waals surface area contributed by atoms with Gasteiger partial charge in [0.05, 0.1) is 13.2 Å². The Morgan fingerprint density at radius 2 is 1.91 bits per heavy atom. The fourth-order valence-electron chi connectivity index (χ4n) is 1.32. The fourth-order valence-corrected chi connectivity index (χ4v) is 1.32. The number of hydrogen-bond acceptors (Lipinski definition) is 2. The monoisotopic (exact) mass is 155 g/mol. The highest BCUT2D eigenvalue weighted by Crippen LogP contribution is 1.93. The number of rotatable bonds is 1. The Labute approximate surface area is 67.6 Å². The summed E-state index contributed by atoms with van der Waals surface area (Å²) in [6.07, 6.45) is 0. The Morgan fingerprint density at radius 1 is 1.36 bits per heavy atom. The molecule has 0 bridgehead atoms. The van der Waals surface area contributed by atoms with Crippen LogP contribution in [0.25, 0.3) is 0 Å². The highest BCUT2D eigenvalue weighted by Gasteiger charge is 2.31. The van der Waals surface area contributed by atoms with E-state index in [1.807, 2.05) is 13.8 Å². The predicted molar refractivity (Wildman–Crippen MR) is 41.2 cm³/mol. The molecule has 1 rings (SSSR count). The third-order valence-electron chi connectivity index (χ3n) is 2.26. The lowest BCUT2D eigenvalue weighted by molar-refractivity contribution is -0.946. The molecule has 0 amide bonds. The highest BCUT2D eigenvalue weighted by molar-refractivity contribution is 4.92. The molecule has 3 nitrogen and oxygen atoms in total. The summed E-state index contributed by atoms with van der Waals surface area (Å²) in [5, 5.41) is 8.83. The van der Waals surface area contributed by atoms with Gasteiger partial charge in [0.2, 0.25) is 0 Å². The van der Waals surface area contributed by atoms with E-state index in [2.05, 4.69) is 6.07 Å². The topological polar surface area (TPSA) is 37.5 Å². The van der Waals surface area contributed by atoms with E-state index < -0.39 is 0 Å². The third kappa shape index (κ3) is 1.92. The first-order chi connectivity index (χ1) is 5.17. The first kappa shape index (κ1) is 8.51. The minimum absolute atomic E-state index is 0.246. The number of nitriles is 1. The minimum Gasteiger partial charge on any atom is -0.370 e. The van der Waals surface area contributed by atoms with Gasteiger partial charge in [0, 0.05) is 13.8 Å². The highest BCUT2D eigenvalue weighted by atomic mass is 16.5. The Balaban J connectivity index is 2.52. The van der Waals surface area contributed by atoms with Crippen molar-refractivity contribution in [3.8, 4) is 6.07 Å². The molecule has 1 aliphatic heterocycles. The van der Waals surface area contributed by atoms with Gasteiger partial charge in [0.25, 0.3) is 0 Å². The molecule has 11 heavy (non-hydrogen) atoms. The molecule has 0 aromatic carbocycles. The van der Waals surface area contributed by atoms with Gasteiger partial charge in [0.15, 0.2) is 5.54 Å². The number of nitrogens with zero attached hydrogens (tertiary/aromatic N) is 1. The predicted octanol–water partition coefficient (Wildman–Crippen LogP) is -0.796. The second-order valence-electron chi connectivity index (χ2n) is 3.45. The molecule has 62 valence electrons. The number of morpholine rings is 1. The summed E-state index contributed by atoms with van der Waals surface area (Å²) in [4.78, 5) is 1.34. The molecule has 0 aromatic rings. The fraction of sp³-hybridized carbons (Fsp3) is 0.875. The van der Waals surface area contributed by atoms with Crippen molar-refractivity contribution in [1.82, 2.24) is 0 Å². The number of quaternary nitrogens is 1. The molecule has 0 aromatic heterocycles. The zero-order valence-corrected chi connectivity index (χ0v) is 7.18. The molecule has 1 N–H and O–H groups in total. The van der Waals surface area contributed by atoms with Crippen LogP contribution in [0.2, 0.25) is 0 Å². The van der Waals surface area contributed by atoms with E-state index in [4.69, 9.17) is 10.00 Å². The molecule has 1 heterocycles. The average molecular weight is 155 g/mol. The van der Waals surface area contributed by atoms with Crippen LogP contribution in [0.4, 0.5) is 0 Å². The van der Waals surface area contributed by atoms with Crippen molar-refractivity contribution in [3.63, 3.8) is 0 Å². The zero-order valence-electron chi connectivity index (χ0n) is 7.18. The van der Waals surface area contributed by atoms with Crippen LogP contribution in [0.1, 0.15) is 13.8 Å². The van der Waals surface area contributed by atoms with Crippen LogP contribution in [0.5, 0.6) is 0 Å². The van der Waals surface area contributed by atoms with Crippen molar-refractivity contribution in [3.05, 3.63) is 0 Å². The van der Waals surface area contributed by atoms with Crippen LogP contribution in [0.3, 0.4) is 0 Å². The Morgan fingerprint density at radius 3 is 2.36 bits per heavy atom. The van der Waals surface area contributed by atoms with Gasteiger partial charge in [-0.25, -0.2) is 0 Å². The Bertz CT molecular complexity index is 165. The molecule has 0 aliphatic carbocycles. The van der Waals surface area contributed by atoms with Crippen molar-refractivity contribution in [1.29, 1.82) is 5.26 Å². The van der Waals surface area contributed by atoms with E-state index in [1.54, 1.807) is 0 Å². The largest absolute Gasteiger partial charge is 0.370 e. The summed E-state index contributed by atoms with van der Waals surface area (Å²) >= 11 is 0. The normalized spacial score (nSPS) is 21.2. The molecule has 0 radical (unpaired) electrons. The molecule has 1 fully saturated rings. The molecule has 1 aliphatic rings. The lowest BCUT2D eigenvalue weighted by Crippen LogP contribution is -3.20. The molecule has 0 saturated carbocycles. The van der Waals surface area contributed by atoms with Gasteiger partial charge in [-0.3, -0.25) is 0 Å². The van der Waals surface area contributed by atoms with Crippen LogP contribution >= 0.6 is 0 Å². The van der Waals surface area contributed by atoms with Gasteiger partial charge in [-0.2, -0.15) is 5.26 Å². The third-order valence-corrected chi connectivity index (χ3v) is 2.26. The van der Waals surface area contributed by atoms with Gasteiger partial charge < -0.3 is 9.64 Å². The van der Waals surface area contributed by atoms with Gasteiger partial charge >= 0.3 is 0 Å². The summed E-state index contributed by atoms with van der Waals surface area (Å²) in [5.41, 5.74) is -0.246. The molecule has 3 heteroatoms. The molecular weight excluding hydrogens is 140 g/mol. The van der Waals surface area contributed by atoms with Gasteiger partial charge in [-0.15, -0.1) is 0 Å². The first-order valence-corrected chi connectivity index (χ1v) is 4.01. The second kappa shape index (κ2) is 3.21. The number of nitrogens with one attached hydrogen (secondary N) is 1. The van der Waals surface area contributed by atoms with Gasteiger partial charge in [-0.1, -0.05) is 0 Å². The smallest absolute Gasteiger partial charge is 0.179 e. The molecule has 0 spiro atoms. The maximum atomic E-state index is 8.83. The van der Waals surface area contributed by atoms with Crippen molar-refractivity contribution in [2.45, 2.75) is 19.4 Å². The number of ether oxygens (including phenoxy) is 1. The van der Waals surface area contributed by atoms with E-state index in [1.165, 1.54) is 4.90 Å². The summed E-state index contributed by atoms with van der Waals surface area (Å²) < 4.78 is 5.21. The van der Waals surface area contributed by atoms with Crippen LogP contribution in [0, 0.1) is 11.3 Å². The van der Waals surface area contributed by atoms with Gasteiger partial charge in [-0.05, 0) is 0 Å². The molecule has 0 atom stereocenters. The van der Waals surface area contributed by atoms with Crippen molar-refractivity contribution in [2.24, 2.45) is 0 Å². The first-order valence-electron chi connectivity index (χ1n) is 4.01. The van der Waals surface area contributed by atoms with Crippen molar-refractivity contribution >= 4 is 0 Å². The summed E-state index contributed by atoms with van der Waals surface area (Å²) in [7, 11) is 0. The van der Waals surface area contributed by atoms with Crippen molar-refractivity contribution in [2.75, 3.05) is 26.3 Å². The zero-order chi connectivity index (χ0) is 8.32. The minimum atomic E-state index is -0.246. The summed E-state index contributed by atoms with van der Waals surface area (Å²) in [5.74, 6) is 0. The Kier molecular flexibility index (Phi) is 2.48. The second-order valence-corrected chi connectivity index (χ2v) is 3.45. The van der Waals surface area contributed by atoms with Crippen LogP contribution < -0.4 is 4.90 Å². The van der Waals surface area contributed by atoms with Crippen LogP contribution in [-0.2, 0) is 4.74 Å². The maximum Gasteiger partial charge on any atom is 0.179 e. The lowest BCUT2D eigenvalue weighted by Gasteiger charge is -2.32. The van der Waals surface area contributed by atoms with Crippen molar-refractivity contribution < 1.29 is 9.64 Å². The molecular formula is C8H15N2O+. The van der Waals surface area contributed by atoms with E-state index in [9.17, 15) is 0 Å². The molecule has 1 saturated heterocycles. The van der Waals surface area contributed by atoms with E-state index in [0.717, 1.165) is 26.3 Å². The quantitative estimate of drug-likeness (QED) is 0.538. The van der Waals surface area contributed by atoms with E-state index in [-0.39, 0.29) is 5.54 Å². The number of hydrogen-bond donors (Lipinski definition) is 1. The standard InChI is InChI=1S/C8H14N2O/c1-8(2,7-9)10-3-5-11-6-4-10/h3-6H2,1-2H3/p+1. The van der Waals surface area contributed by atoms with Gasteiger partial charge in [0.1, 0.15) is 19.2 Å². The van der Waals surface area contributed by atoms with E-state index >= 15 is 0 Å². The van der Waals surface area contributed by atoms with Crippen LogP contribution in [-0.4, -0.2) is 31.8 Å². The maximum absolute atomic E-state index is 8.83. The molecule has 0 unspecified atom stereocenters. The SMILES string of the molecule is CC(C)(C#N)[NH+]1CCOCC1. The lowest BCUT2D eigenvalue weighted by atomic mass is 10.1. The average Bonchev–Trinajstić information content (AvgIpc) is 2.06. The summed E-state index contributed by atoms with van der Waals surface area (Å²) in [6.45, 7) is 7.46. The summed E-state index contributed by atoms with van der Waals surface area (Å²) in [6, 6.07) is 2.32. The Hall–Kier alpha value is -0.590.